The van der Waals surface area contributed by atoms with E-state index in [0.717, 1.165) is 30.1 Å². The van der Waals surface area contributed by atoms with Crippen LogP contribution in [0.1, 0.15) is 65.8 Å². The number of nitrogens with one attached hydrogen (secondary N) is 1. The molecule has 0 fully saturated rings. The van der Waals surface area contributed by atoms with Gasteiger partial charge in [0.15, 0.2) is 5.75 Å². The molecule has 0 aliphatic heterocycles. The maximum atomic E-state index is 12.8. The van der Waals surface area contributed by atoms with Gasteiger partial charge in [-0.2, -0.15) is 0 Å². The predicted molar refractivity (Wildman–Crippen MR) is 133 cm³/mol. The third-order valence-electron chi connectivity index (χ3n) is 5.77. The van der Waals surface area contributed by atoms with E-state index in [9.17, 15) is 14.7 Å². The first-order valence-corrected chi connectivity index (χ1v) is 12.2. The van der Waals surface area contributed by atoms with E-state index < -0.39 is 5.91 Å². The van der Waals surface area contributed by atoms with Crippen LogP contribution in [0.4, 0.5) is 5.00 Å². The number of carbonyl (C=O) groups excluding carboxylic acids is 2. The number of rotatable bonds is 9. The van der Waals surface area contributed by atoms with Crippen LogP contribution in [0.15, 0.2) is 30.3 Å². The summed E-state index contributed by atoms with van der Waals surface area (Å²) in [7, 11) is 0. The first-order valence-electron chi connectivity index (χ1n) is 10.6. The van der Waals surface area contributed by atoms with Gasteiger partial charge in [0.2, 0.25) is 0 Å². The Morgan fingerprint density at radius 3 is 2.41 bits per heavy atom. The van der Waals surface area contributed by atoms with Crippen molar-refractivity contribution in [2.75, 3.05) is 5.32 Å². The molecule has 170 valence electrons. The molecule has 0 bridgehead atoms. The Bertz CT molecular complexity index is 1140. The number of aromatic hydroxyl groups is 1. The van der Waals surface area contributed by atoms with E-state index in [-0.39, 0.29) is 32.3 Å². The zero-order valence-electron chi connectivity index (χ0n) is 18.0. The summed E-state index contributed by atoms with van der Waals surface area (Å²) in [5, 5.41) is 13.4. The van der Waals surface area contributed by atoms with Crippen LogP contribution in [-0.2, 0) is 6.42 Å². The first kappa shape index (κ1) is 24.4. The minimum Gasteiger partial charge on any atom is -0.505 e. The summed E-state index contributed by atoms with van der Waals surface area (Å²) in [4.78, 5) is 24.9. The van der Waals surface area contributed by atoms with Crippen LogP contribution in [0, 0.1) is 5.92 Å². The van der Waals surface area contributed by atoms with Crippen molar-refractivity contribution >= 4 is 61.4 Å². The molecule has 32 heavy (non-hydrogen) atoms. The number of hydrogen-bond acceptors (Lipinski definition) is 4. The molecule has 3 rings (SSSR count). The fraction of sp³-hybridized carbons (Fsp3) is 0.333. The van der Waals surface area contributed by atoms with Gasteiger partial charge in [-0.15, -0.1) is 11.3 Å². The van der Waals surface area contributed by atoms with Gasteiger partial charge in [-0.25, -0.2) is 0 Å². The van der Waals surface area contributed by atoms with Gasteiger partial charge in [-0.05, 0) is 42.5 Å². The van der Waals surface area contributed by atoms with Crippen molar-refractivity contribution < 1.29 is 14.7 Å². The average molecular weight is 493 g/mol. The molecule has 4 N–H and O–H groups in total. The van der Waals surface area contributed by atoms with Crippen LogP contribution in [0.5, 0.6) is 5.75 Å². The number of benzene rings is 2. The molecule has 0 atom stereocenters. The number of carbonyl (C=O) groups is 2. The van der Waals surface area contributed by atoms with Crippen LogP contribution in [0.3, 0.4) is 0 Å². The van der Waals surface area contributed by atoms with Crippen molar-refractivity contribution in [2.24, 2.45) is 11.7 Å². The molecular weight excluding hydrogens is 467 g/mol. The number of halogens is 2. The second-order valence-corrected chi connectivity index (χ2v) is 9.60. The number of thiophene rings is 1. The second kappa shape index (κ2) is 10.6. The maximum absolute atomic E-state index is 12.8. The lowest BCUT2D eigenvalue weighted by Gasteiger charge is -2.11. The molecule has 0 saturated heterocycles. The molecule has 0 unspecified atom stereocenters. The van der Waals surface area contributed by atoms with Gasteiger partial charge in [0.1, 0.15) is 10.0 Å². The summed E-state index contributed by atoms with van der Waals surface area (Å²) in [5.74, 6) is -0.604. The largest absolute Gasteiger partial charge is 0.505 e. The van der Waals surface area contributed by atoms with Crippen molar-refractivity contribution in [3.05, 3.63) is 57.1 Å². The van der Waals surface area contributed by atoms with Crippen molar-refractivity contribution in [2.45, 2.75) is 46.0 Å². The third kappa shape index (κ3) is 5.20. The summed E-state index contributed by atoms with van der Waals surface area (Å²) in [6.45, 7) is 4.46. The highest BCUT2D eigenvalue weighted by atomic mass is 35.5. The van der Waals surface area contributed by atoms with Gasteiger partial charge < -0.3 is 16.2 Å². The van der Waals surface area contributed by atoms with Crippen LogP contribution < -0.4 is 11.1 Å². The molecule has 1 heterocycles. The number of phenols is 1. The van der Waals surface area contributed by atoms with E-state index in [1.165, 1.54) is 30.9 Å². The third-order valence-corrected chi connectivity index (χ3v) is 7.68. The maximum Gasteiger partial charge on any atom is 0.256 e. The Hall–Kier alpha value is -2.28. The van der Waals surface area contributed by atoms with Crippen LogP contribution >= 0.6 is 34.5 Å². The van der Waals surface area contributed by atoms with Gasteiger partial charge in [-0.1, -0.05) is 68.4 Å². The zero-order valence-corrected chi connectivity index (χ0v) is 20.3. The summed E-state index contributed by atoms with van der Waals surface area (Å²) in [5.41, 5.74) is 7.31. The molecular formula is C24H26Cl2N2O3S. The number of fused-ring (bicyclic) bond motifs is 1. The lowest BCUT2D eigenvalue weighted by molar-refractivity contribution is 0.100. The van der Waals surface area contributed by atoms with Gasteiger partial charge in [0.25, 0.3) is 11.8 Å². The zero-order chi connectivity index (χ0) is 23.4. The standard InChI is InChI=1S/C24H26Cl2N2O3S/c1-3-13(4-2)6-5-7-14-8-10-15(11-9-14)23(31)28-24-18(22(27)30)16-12-17(25)20(29)19(26)21(16)32-24/h8-13,29H,3-7H2,1-2H3,(H2,27,30)(H,28,31). The van der Waals surface area contributed by atoms with E-state index in [0.29, 0.717) is 15.6 Å². The molecule has 2 amide bonds. The Kier molecular flexibility index (Phi) is 8.04. The van der Waals surface area contributed by atoms with Gasteiger partial charge in [0, 0.05) is 10.9 Å². The Labute approximate surface area is 201 Å². The fourth-order valence-electron chi connectivity index (χ4n) is 3.77. The van der Waals surface area contributed by atoms with E-state index in [2.05, 4.69) is 19.2 Å². The Morgan fingerprint density at radius 2 is 1.81 bits per heavy atom. The highest BCUT2D eigenvalue weighted by molar-refractivity contribution is 7.24. The monoisotopic (exact) mass is 492 g/mol. The van der Waals surface area contributed by atoms with E-state index >= 15 is 0 Å². The van der Waals surface area contributed by atoms with Crippen LogP contribution in [-0.4, -0.2) is 16.9 Å². The highest BCUT2D eigenvalue weighted by Gasteiger charge is 2.23. The van der Waals surface area contributed by atoms with Crippen LogP contribution in [0.2, 0.25) is 10.0 Å². The van der Waals surface area contributed by atoms with Crippen molar-refractivity contribution in [1.82, 2.24) is 0 Å². The molecule has 3 aromatic rings. The molecule has 5 nitrogen and oxygen atoms in total. The number of anilines is 1. The van der Waals surface area contributed by atoms with Crippen molar-refractivity contribution in [3.63, 3.8) is 0 Å². The first-order chi connectivity index (χ1) is 15.3. The smallest absolute Gasteiger partial charge is 0.256 e. The van der Waals surface area contributed by atoms with E-state index in [4.69, 9.17) is 28.9 Å². The molecule has 1 aromatic heterocycles. The SMILES string of the molecule is CCC(CC)CCCc1ccc(C(=O)Nc2sc3c(Cl)c(O)c(Cl)cc3c2C(N)=O)cc1. The number of nitrogens with two attached hydrogens (primary N) is 1. The number of hydrogen-bond donors (Lipinski definition) is 3. The lowest BCUT2D eigenvalue weighted by Crippen LogP contribution is -2.16. The summed E-state index contributed by atoms with van der Waals surface area (Å²) >= 11 is 13.2. The molecule has 8 heteroatoms. The second-order valence-electron chi connectivity index (χ2n) is 7.79. The minimum atomic E-state index is -0.725. The Balaban J connectivity index is 1.78. The van der Waals surface area contributed by atoms with Crippen molar-refractivity contribution in [1.29, 1.82) is 0 Å². The van der Waals surface area contributed by atoms with E-state index in [1.807, 2.05) is 12.1 Å². The normalized spacial score (nSPS) is 11.3. The quantitative estimate of drug-likeness (QED) is 0.299. The predicted octanol–water partition coefficient (Wildman–Crippen LogP) is 7.02. The molecule has 0 spiro atoms. The highest BCUT2D eigenvalue weighted by Crippen LogP contribution is 2.46. The van der Waals surface area contributed by atoms with Gasteiger partial charge in [-0.3, -0.25) is 9.59 Å². The molecule has 0 saturated carbocycles. The van der Waals surface area contributed by atoms with Crippen LogP contribution in [0.25, 0.3) is 10.1 Å². The Morgan fingerprint density at radius 1 is 1.16 bits per heavy atom. The van der Waals surface area contributed by atoms with Crippen molar-refractivity contribution in [3.8, 4) is 5.75 Å². The summed E-state index contributed by atoms with van der Waals surface area (Å²) in [6, 6.07) is 8.87. The molecule has 0 aliphatic rings. The van der Waals surface area contributed by atoms with Gasteiger partial charge >= 0.3 is 0 Å². The molecule has 0 radical (unpaired) electrons. The number of primary amides is 1. The van der Waals surface area contributed by atoms with E-state index in [1.54, 1.807) is 12.1 Å². The molecule has 2 aromatic carbocycles. The lowest BCUT2D eigenvalue weighted by atomic mass is 9.95. The number of phenolic OH excluding ortho intramolecular Hbond substituents is 1. The molecule has 0 aliphatic carbocycles. The topological polar surface area (TPSA) is 92.4 Å². The minimum absolute atomic E-state index is 0.000425. The average Bonchev–Trinajstić information content (AvgIpc) is 3.13. The fourth-order valence-corrected chi connectivity index (χ4v) is 5.46. The number of amides is 2. The summed E-state index contributed by atoms with van der Waals surface area (Å²) < 4.78 is 0.422. The number of aryl methyl sites for hydroxylation is 1. The summed E-state index contributed by atoms with van der Waals surface area (Å²) in [6.07, 6.45) is 5.72. The van der Waals surface area contributed by atoms with Gasteiger partial charge in [0.05, 0.1) is 15.3 Å².